The molecular weight excluding hydrogens is 164 g/mol. The number of carbonyl (C=O) groups excluding carboxylic acids is 1. The normalized spacial score (nSPS) is 11.4. The van der Waals surface area contributed by atoms with E-state index < -0.39 is 0 Å². The van der Waals surface area contributed by atoms with E-state index in [1.165, 1.54) is 31.3 Å². The Balaban J connectivity index is 3.32. The Kier molecular flexibility index (Phi) is 8.73. The fraction of sp³-hybridized carbons (Fsp3) is 0.727. The Morgan fingerprint density at radius 2 is 2.08 bits per heavy atom. The van der Waals surface area contributed by atoms with Crippen LogP contribution < -0.4 is 0 Å². The molecule has 0 rings (SSSR count). The predicted molar refractivity (Wildman–Crippen MR) is 54.5 cm³/mol. The Hall–Kier alpha value is -0.790. The number of allylic oxidation sites excluding steroid dienone is 1. The zero-order chi connectivity index (χ0) is 9.94. The first-order valence-corrected chi connectivity index (χ1v) is 5.02. The van der Waals surface area contributed by atoms with Crippen LogP contribution in [0.4, 0.5) is 0 Å². The van der Waals surface area contributed by atoms with Gasteiger partial charge in [0.2, 0.25) is 0 Å². The van der Waals surface area contributed by atoms with E-state index in [1.807, 2.05) is 6.08 Å². The highest BCUT2D eigenvalue weighted by molar-refractivity contribution is 5.37. The summed E-state index contributed by atoms with van der Waals surface area (Å²) in [4.78, 5) is 9.83. The minimum absolute atomic E-state index is 0.420. The summed E-state index contributed by atoms with van der Waals surface area (Å²) < 4.78 is 4.57. The SMILES string of the molecule is CCCCCC/C(C)=C\COC=O. The minimum atomic E-state index is 0.420. The van der Waals surface area contributed by atoms with Gasteiger partial charge in [0.05, 0.1) is 0 Å². The molecule has 0 heterocycles. The van der Waals surface area contributed by atoms with Crippen LogP contribution in [0.5, 0.6) is 0 Å². The third kappa shape index (κ3) is 9.12. The summed E-state index contributed by atoms with van der Waals surface area (Å²) in [5.74, 6) is 0. The molecule has 2 heteroatoms. The van der Waals surface area contributed by atoms with E-state index in [4.69, 9.17) is 0 Å². The third-order valence-corrected chi connectivity index (χ3v) is 2.02. The zero-order valence-electron chi connectivity index (χ0n) is 8.71. The quantitative estimate of drug-likeness (QED) is 0.329. The lowest BCUT2D eigenvalue weighted by atomic mass is 10.1. The molecule has 0 aromatic rings. The Morgan fingerprint density at radius 3 is 2.69 bits per heavy atom. The fourth-order valence-electron chi connectivity index (χ4n) is 1.16. The van der Waals surface area contributed by atoms with Gasteiger partial charge in [-0.25, -0.2) is 0 Å². The summed E-state index contributed by atoms with van der Waals surface area (Å²) in [6.45, 7) is 5.20. The minimum Gasteiger partial charge on any atom is -0.464 e. The van der Waals surface area contributed by atoms with Crippen LogP contribution in [0.25, 0.3) is 0 Å². The first-order chi connectivity index (χ1) is 6.31. The van der Waals surface area contributed by atoms with Gasteiger partial charge in [-0.2, -0.15) is 0 Å². The van der Waals surface area contributed by atoms with E-state index in [1.54, 1.807) is 0 Å². The van der Waals surface area contributed by atoms with Crippen LogP contribution in [0.2, 0.25) is 0 Å². The van der Waals surface area contributed by atoms with E-state index in [0.717, 1.165) is 6.42 Å². The summed E-state index contributed by atoms with van der Waals surface area (Å²) in [6.07, 6.45) is 8.24. The van der Waals surface area contributed by atoms with E-state index >= 15 is 0 Å². The van der Waals surface area contributed by atoms with Gasteiger partial charge < -0.3 is 4.74 Å². The number of carbonyl (C=O) groups is 1. The first-order valence-electron chi connectivity index (χ1n) is 5.02. The molecule has 13 heavy (non-hydrogen) atoms. The van der Waals surface area contributed by atoms with Gasteiger partial charge in [0, 0.05) is 0 Å². The second-order valence-corrected chi connectivity index (χ2v) is 3.29. The lowest BCUT2D eigenvalue weighted by Gasteiger charge is -2.00. The predicted octanol–water partition coefficient (Wildman–Crippen LogP) is 3.08. The monoisotopic (exact) mass is 184 g/mol. The lowest BCUT2D eigenvalue weighted by molar-refractivity contribution is -0.127. The van der Waals surface area contributed by atoms with Crippen LogP contribution in [0.3, 0.4) is 0 Å². The van der Waals surface area contributed by atoms with Crippen molar-refractivity contribution in [2.45, 2.75) is 46.0 Å². The molecule has 0 spiro atoms. The molecule has 0 aromatic carbocycles. The van der Waals surface area contributed by atoms with Gasteiger partial charge in [0.15, 0.2) is 0 Å². The third-order valence-electron chi connectivity index (χ3n) is 2.02. The molecule has 0 aliphatic rings. The molecule has 0 bridgehead atoms. The molecule has 76 valence electrons. The van der Waals surface area contributed by atoms with Crippen LogP contribution in [-0.4, -0.2) is 13.1 Å². The van der Waals surface area contributed by atoms with Crippen molar-refractivity contribution >= 4 is 6.47 Å². The second kappa shape index (κ2) is 9.30. The molecule has 0 aliphatic carbocycles. The van der Waals surface area contributed by atoms with Gasteiger partial charge in [-0.15, -0.1) is 0 Å². The van der Waals surface area contributed by atoms with E-state index in [9.17, 15) is 4.79 Å². The maximum absolute atomic E-state index is 9.83. The van der Waals surface area contributed by atoms with Crippen molar-refractivity contribution in [2.75, 3.05) is 6.61 Å². The maximum Gasteiger partial charge on any atom is 0.293 e. The largest absolute Gasteiger partial charge is 0.464 e. The summed E-state index contributed by atoms with van der Waals surface area (Å²) in [7, 11) is 0. The number of unbranched alkanes of at least 4 members (excludes halogenated alkanes) is 3. The van der Waals surface area contributed by atoms with Crippen LogP contribution in [0, 0.1) is 0 Å². The van der Waals surface area contributed by atoms with Gasteiger partial charge in [-0.1, -0.05) is 31.8 Å². The Bertz CT molecular complexity index is 150. The van der Waals surface area contributed by atoms with Gasteiger partial charge in [0.1, 0.15) is 6.61 Å². The average Bonchev–Trinajstić information content (AvgIpc) is 2.13. The highest BCUT2D eigenvalue weighted by atomic mass is 16.5. The zero-order valence-corrected chi connectivity index (χ0v) is 8.71. The van der Waals surface area contributed by atoms with E-state index in [-0.39, 0.29) is 0 Å². The van der Waals surface area contributed by atoms with Gasteiger partial charge in [0.25, 0.3) is 6.47 Å². The van der Waals surface area contributed by atoms with Crippen molar-refractivity contribution in [2.24, 2.45) is 0 Å². The van der Waals surface area contributed by atoms with E-state index in [2.05, 4.69) is 18.6 Å². The summed E-state index contributed by atoms with van der Waals surface area (Å²) in [5, 5.41) is 0. The van der Waals surface area contributed by atoms with Crippen molar-refractivity contribution in [1.29, 1.82) is 0 Å². The molecule has 0 unspecified atom stereocenters. The van der Waals surface area contributed by atoms with Gasteiger partial charge >= 0.3 is 0 Å². The standard InChI is InChI=1S/C11H20O2/c1-3-4-5-6-7-11(2)8-9-13-10-12/h8,10H,3-7,9H2,1-2H3/b11-8-. The molecule has 0 aliphatic heterocycles. The molecule has 0 fully saturated rings. The second-order valence-electron chi connectivity index (χ2n) is 3.29. The van der Waals surface area contributed by atoms with Crippen LogP contribution >= 0.6 is 0 Å². The van der Waals surface area contributed by atoms with Crippen molar-refractivity contribution < 1.29 is 9.53 Å². The molecule has 0 radical (unpaired) electrons. The van der Waals surface area contributed by atoms with Crippen molar-refractivity contribution in [3.05, 3.63) is 11.6 Å². The molecular formula is C11H20O2. The molecule has 0 aromatic heterocycles. The van der Waals surface area contributed by atoms with Crippen molar-refractivity contribution in [1.82, 2.24) is 0 Å². The van der Waals surface area contributed by atoms with Crippen LogP contribution in [-0.2, 0) is 9.53 Å². The number of hydrogen-bond donors (Lipinski definition) is 0. The number of rotatable bonds is 8. The number of hydrogen-bond acceptors (Lipinski definition) is 2. The highest BCUT2D eigenvalue weighted by Gasteiger charge is 1.90. The topological polar surface area (TPSA) is 26.3 Å². The fourth-order valence-corrected chi connectivity index (χ4v) is 1.16. The van der Waals surface area contributed by atoms with Gasteiger partial charge in [-0.05, 0) is 25.8 Å². The molecule has 0 atom stereocenters. The Labute approximate surface area is 81.0 Å². The Morgan fingerprint density at radius 1 is 1.31 bits per heavy atom. The summed E-state index contributed by atoms with van der Waals surface area (Å²) >= 11 is 0. The highest BCUT2D eigenvalue weighted by Crippen LogP contribution is 2.08. The molecule has 0 saturated carbocycles. The van der Waals surface area contributed by atoms with Crippen LogP contribution in [0.15, 0.2) is 11.6 Å². The van der Waals surface area contributed by atoms with E-state index in [0.29, 0.717) is 13.1 Å². The first kappa shape index (κ1) is 12.2. The maximum atomic E-state index is 9.83. The van der Waals surface area contributed by atoms with Crippen molar-refractivity contribution in [3.8, 4) is 0 Å². The van der Waals surface area contributed by atoms with Crippen LogP contribution in [0.1, 0.15) is 46.0 Å². The number of ether oxygens (including phenoxy) is 1. The molecule has 0 N–H and O–H groups in total. The summed E-state index contributed by atoms with van der Waals surface area (Å²) in [5.41, 5.74) is 1.32. The summed E-state index contributed by atoms with van der Waals surface area (Å²) in [6, 6.07) is 0. The molecule has 2 nitrogen and oxygen atoms in total. The molecule has 0 saturated heterocycles. The van der Waals surface area contributed by atoms with Gasteiger partial charge in [-0.3, -0.25) is 4.79 Å². The molecule has 0 amide bonds. The average molecular weight is 184 g/mol. The van der Waals surface area contributed by atoms with Crippen molar-refractivity contribution in [3.63, 3.8) is 0 Å². The lowest BCUT2D eigenvalue weighted by Crippen LogP contribution is -1.88. The smallest absolute Gasteiger partial charge is 0.293 e.